The Labute approximate surface area is 122 Å². The van der Waals surface area contributed by atoms with Crippen LogP contribution in [0.5, 0.6) is 0 Å². The lowest BCUT2D eigenvalue weighted by Crippen LogP contribution is -2.19. The number of primary sulfonamides is 1. The predicted octanol–water partition coefficient (Wildman–Crippen LogP) is 1.10. The number of hydrogen-bond acceptors (Lipinski definition) is 4. The van der Waals surface area contributed by atoms with Crippen molar-refractivity contribution in [3.05, 3.63) is 54.1 Å². The molecule has 0 radical (unpaired) electrons. The van der Waals surface area contributed by atoms with Gasteiger partial charge in [-0.1, -0.05) is 30.3 Å². The Kier molecular flexibility index (Phi) is 4.25. The van der Waals surface area contributed by atoms with Gasteiger partial charge in [-0.2, -0.15) is 0 Å². The molecular weight excluding hydrogens is 290 g/mol. The molecule has 0 aromatic heterocycles. The number of nitrogen functional groups attached to an aromatic ring is 1. The first-order valence-corrected chi connectivity index (χ1v) is 7.67. The van der Waals surface area contributed by atoms with Crippen LogP contribution in [0.1, 0.15) is 5.56 Å². The highest BCUT2D eigenvalue weighted by atomic mass is 32.2. The zero-order chi connectivity index (χ0) is 15.5. The molecule has 6 nitrogen and oxygen atoms in total. The summed E-state index contributed by atoms with van der Waals surface area (Å²) < 4.78 is 22.9. The molecule has 5 N–H and O–H groups in total. The molecule has 0 spiro atoms. The fourth-order valence-electron chi connectivity index (χ4n) is 1.88. The van der Waals surface area contributed by atoms with E-state index in [-0.39, 0.29) is 22.9 Å². The normalized spacial score (nSPS) is 11.1. The second-order valence-corrected chi connectivity index (χ2v) is 5.99. The van der Waals surface area contributed by atoms with Crippen molar-refractivity contribution in [2.24, 2.45) is 5.14 Å². The Morgan fingerprint density at radius 3 is 2.33 bits per heavy atom. The number of anilines is 2. The van der Waals surface area contributed by atoms with Crippen molar-refractivity contribution < 1.29 is 13.2 Å². The quantitative estimate of drug-likeness (QED) is 0.733. The molecule has 0 saturated carbocycles. The molecule has 110 valence electrons. The summed E-state index contributed by atoms with van der Waals surface area (Å²) in [5.74, 6) is -0.371. The number of para-hydroxylation sites is 2. The summed E-state index contributed by atoms with van der Waals surface area (Å²) >= 11 is 0. The van der Waals surface area contributed by atoms with Crippen molar-refractivity contribution in [2.75, 3.05) is 11.1 Å². The van der Waals surface area contributed by atoms with E-state index in [1.807, 2.05) is 0 Å². The Morgan fingerprint density at radius 1 is 1.05 bits per heavy atom. The minimum absolute atomic E-state index is 0.0472. The minimum Gasteiger partial charge on any atom is -0.398 e. The van der Waals surface area contributed by atoms with Crippen LogP contribution in [0.2, 0.25) is 0 Å². The molecule has 0 aliphatic carbocycles. The zero-order valence-corrected chi connectivity index (χ0v) is 11.9. The van der Waals surface area contributed by atoms with Gasteiger partial charge in [0.25, 0.3) is 0 Å². The molecule has 0 fully saturated rings. The van der Waals surface area contributed by atoms with Crippen molar-refractivity contribution in [2.45, 2.75) is 11.3 Å². The number of carbonyl (C=O) groups excluding carboxylic acids is 1. The van der Waals surface area contributed by atoms with Gasteiger partial charge < -0.3 is 11.1 Å². The first kappa shape index (κ1) is 15.0. The first-order chi connectivity index (χ1) is 9.88. The fraction of sp³-hybridized carbons (Fsp3) is 0.0714. The molecule has 2 aromatic rings. The minimum atomic E-state index is -3.90. The number of rotatable bonds is 4. The predicted molar refractivity (Wildman–Crippen MR) is 81.0 cm³/mol. The summed E-state index contributed by atoms with van der Waals surface area (Å²) in [6.45, 7) is 0. The largest absolute Gasteiger partial charge is 0.398 e. The van der Waals surface area contributed by atoms with Gasteiger partial charge >= 0.3 is 0 Å². The Hall–Kier alpha value is -2.38. The van der Waals surface area contributed by atoms with E-state index in [0.717, 1.165) is 0 Å². The summed E-state index contributed by atoms with van der Waals surface area (Å²) in [6, 6.07) is 12.9. The van der Waals surface area contributed by atoms with Crippen molar-refractivity contribution in [3.63, 3.8) is 0 Å². The van der Waals surface area contributed by atoms with E-state index < -0.39 is 10.0 Å². The number of nitrogens with two attached hydrogens (primary N) is 2. The lowest BCUT2D eigenvalue weighted by atomic mass is 10.1. The standard InChI is InChI=1S/C14H15N3O3S/c15-11-6-2-1-5-10(11)9-14(18)17-12-7-3-4-8-13(12)21(16,19)20/h1-8H,9,15H2,(H,17,18)(H2,16,19,20). The number of hydrogen-bond donors (Lipinski definition) is 3. The molecule has 0 aliphatic rings. The Morgan fingerprint density at radius 2 is 1.67 bits per heavy atom. The summed E-state index contributed by atoms with van der Waals surface area (Å²) in [6.07, 6.45) is 0.0472. The van der Waals surface area contributed by atoms with Crippen molar-refractivity contribution in [1.29, 1.82) is 0 Å². The van der Waals surface area contributed by atoms with Gasteiger partial charge in [0.15, 0.2) is 0 Å². The molecular formula is C14H15N3O3S. The molecule has 0 atom stereocenters. The van der Waals surface area contributed by atoms with E-state index in [9.17, 15) is 13.2 Å². The van der Waals surface area contributed by atoms with E-state index in [4.69, 9.17) is 10.9 Å². The van der Waals surface area contributed by atoms with Gasteiger partial charge in [-0.05, 0) is 23.8 Å². The van der Waals surface area contributed by atoms with E-state index in [2.05, 4.69) is 5.32 Å². The summed E-state index contributed by atoms with van der Waals surface area (Å²) in [4.78, 5) is 11.9. The van der Waals surface area contributed by atoms with Gasteiger partial charge in [-0.15, -0.1) is 0 Å². The van der Waals surface area contributed by atoms with E-state index in [1.165, 1.54) is 18.2 Å². The second kappa shape index (κ2) is 5.94. The number of sulfonamides is 1. The second-order valence-electron chi connectivity index (χ2n) is 4.46. The first-order valence-electron chi connectivity index (χ1n) is 6.13. The maximum absolute atomic E-state index is 12.0. The smallest absolute Gasteiger partial charge is 0.240 e. The topological polar surface area (TPSA) is 115 Å². The fourth-order valence-corrected chi connectivity index (χ4v) is 2.57. The van der Waals surface area contributed by atoms with Gasteiger partial charge in [0.05, 0.1) is 12.1 Å². The molecule has 2 rings (SSSR count). The SMILES string of the molecule is Nc1ccccc1CC(=O)Nc1ccccc1S(N)(=O)=O. The maximum atomic E-state index is 12.0. The molecule has 0 bridgehead atoms. The van der Waals surface area contributed by atoms with E-state index >= 15 is 0 Å². The highest BCUT2D eigenvalue weighted by Gasteiger charge is 2.15. The van der Waals surface area contributed by atoms with Crippen LogP contribution >= 0.6 is 0 Å². The van der Waals surface area contributed by atoms with Gasteiger partial charge in [0.2, 0.25) is 15.9 Å². The number of carbonyl (C=O) groups is 1. The van der Waals surface area contributed by atoms with Gasteiger partial charge in [0, 0.05) is 5.69 Å². The molecule has 1 amide bonds. The van der Waals surface area contributed by atoms with Crippen LogP contribution in [0.3, 0.4) is 0 Å². The van der Waals surface area contributed by atoms with Crippen LogP contribution in [0, 0.1) is 0 Å². The highest BCUT2D eigenvalue weighted by Crippen LogP contribution is 2.20. The molecule has 2 aromatic carbocycles. The van der Waals surface area contributed by atoms with E-state index in [0.29, 0.717) is 11.3 Å². The lowest BCUT2D eigenvalue weighted by molar-refractivity contribution is -0.115. The molecule has 21 heavy (non-hydrogen) atoms. The zero-order valence-electron chi connectivity index (χ0n) is 11.1. The van der Waals surface area contributed by atoms with Crippen LogP contribution in [-0.4, -0.2) is 14.3 Å². The molecule has 0 heterocycles. The number of benzene rings is 2. The summed E-state index contributed by atoms with van der Waals surface area (Å²) in [5, 5.41) is 7.65. The number of amides is 1. The van der Waals surface area contributed by atoms with Gasteiger partial charge in [-0.3, -0.25) is 4.79 Å². The van der Waals surface area contributed by atoms with Crippen LogP contribution in [-0.2, 0) is 21.2 Å². The van der Waals surface area contributed by atoms with Crippen LogP contribution in [0.4, 0.5) is 11.4 Å². The van der Waals surface area contributed by atoms with Crippen molar-refractivity contribution in [1.82, 2.24) is 0 Å². The Bertz CT molecular complexity index is 773. The third-order valence-corrected chi connectivity index (χ3v) is 3.84. The van der Waals surface area contributed by atoms with Gasteiger partial charge in [-0.25, -0.2) is 13.6 Å². The summed E-state index contributed by atoms with van der Waals surface area (Å²) in [5.41, 5.74) is 7.09. The third-order valence-electron chi connectivity index (χ3n) is 2.87. The lowest BCUT2D eigenvalue weighted by Gasteiger charge is -2.10. The van der Waals surface area contributed by atoms with Crippen LogP contribution < -0.4 is 16.2 Å². The van der Waals surface area contributed by atoms with Gasteiger partial charge in [0.1, 0.15) is 4.90 Å². The molecule has 0 saturated heterocycles. The third kappa shape index (κ3) is 3.80. The monoisotopic (exact) mass is 305 g/mol. The molecule has 0 aliphatic heterocycles. The Balaban J connectivity index is 2.20. The molecule has 7 heteroatoms. The summed E-state index contributed by atoms with van der Waals surface area (Å²) in [7, 11) is -3.90. The average molecular weight is 305 g/mol. The van der Waals surface area contributed by atoms with Crippen LogP contribution in [0.25, 0.3) is 0 Å². The maximum Gasteiger partial charge on any atom is 0.240 e. The van der Waals surface area contributed by atoms with E-state index in [1.54, 1.807) is 30.3 Å². The van der Waals surface area contributed by atoms with Crippen molar-refractivity contribution in [3.8, 4) is 0 Å². The number of nitrogens with one attached hydrogen (secondary N) is 1. The van der Waals surface area contributed by atoms with Crippen LogP contribution in [0.15, 0.2) is 53.4 Å². The molecule has 0 unspecified atom stereocenters. The average Bonchev–Trinajstić information content (AvgIpc) is 2.41. The van der Waals surface area contributed by atoms with Crippen molar-refractivity contribution >= 4 is 27.3 Å². The highest BCUT2D eigenvalue weighted by molar-refractivity contribution is 7.89.